The van der Waals surface area contributed by atoms with Gasteiger partial charge in [-0.25, -0.2) is 0 Å². The van der Waals surface area contributed by atoms with Crippen molar-refractivity contribution in [1.82, 2.24) is 4.90 Å². The summed E-state index contributed by atoms with van der Waals surface area (Å²) in [7, 11) is 0. The lowest BCUT2D eigenvalue weighted by molar-refractivity contribution is 0.174. The molecule has 0 saturated carbocycles. The lowest BCUT2D eigenvalue weighted by Gasteiger charge is -2.23. The average molecular weight is 453 g/mol. The summed E-state index contributed by atoms with van der Waals surface area (Å²) in [5, 5.41) is 0. The molecule has 1 aliphatic rings. The molecule has 5 nitrogen and oxygen atoms in total. The van der Waals surface area contributed by atoms with Gasteiger partial charge in [-0.15, -0.1) is 0 Å². The Hall–Kier alpha value is -3.80. The molecule has 0 atom stereocenters. The van der Waals surface area contributed by atoms with Crippen molar-refractivity contribution in [2.75, 3.05) is 6.79 Å². The second-order valence-electron chi connectivity index (χ2n) is 8.42. The predicted octanol–water partition coefficient (Wildman–Crippen LogP) is 5.87. The van der Waals surface area contributed by atoms with Gasteiger partial charge in [0.2, 0.25) is 6.79 Å². The number of nitrogens with two attached hydrogens (primary N) is 1. The van der Waals surface area contributed by atoms with Crippen molar-refractivity contribution in [3.63, 3.8) is 0 Å². The largest absolute Gasteiger partial charge is 0.457 e. The van der Waals surface area contributed by atoms with Crippen molar-refractivity contribution in [2.24, 2.45) is 5.73 Å². The fourth-order valence-electron chi connectivity index (χ4n) is 4.09. The van der Waals surface area contributed by atoms with E-state index in [0.29, 0.717) is 6.54 Å². The van der Waals surface area contributed by atoms with Crippen LogP contribution >= 0.6 is 0 Å². The molecule has 0 spiro atoms. The molecule has 0 unspecified atom stereocenters. The third kappa shape index (κ3) is 5.57. The molecular formula is C29H28N2O3. The van der Waals surface area contributed by atoms with E-state index in [1.807, 2.05) is 48.5 Å². The van der Waals surface area contributed by atoms with Crippen LogP contribution in [0.25, 0.3) is 0 Å². The Balaban J connectivity index is 1.35. The zero-order valence-corrected chi connectivity index (χ0v) is 19.0. The van der Waals surface area contributed by atoms with Crippen molar-refractivity contribution in [1.29, 1.82) is 0 Å². The molecule has 2 N–H and O–H groups in total. The number of ether oxygens (including phenoxy) is 3. The summed E-state index contributed by atoms with van der Waals surface area (Å²) < 4.78 is 17.1. The number of hydrogen-bond donors (Lipinski definition) is 1. The smallest absolute Gasteiger partial charge is 0.231 e. The predicted molar refractivity (Wildman–Crippen MR) is 133 cm³/mol. The fourth-order valence-corrected chi connectivity index (χ4v) is 4.09. The first-order valence-electron chi connectivity index (χ1n) is 11.5. The molecule has 0 bridgehead atoms. The number of fused-ring (bicyclic) bond motifs is 1. The van der Waals surface area contributed by atoms with Crippen molar-refractivity contribution < 1.29 is 14.2 Å². The molecule has 172 valence electrons. The molecule has 0 amide bonds. The highest BCUT2D eigenvalue weighted by molar-refractivity contribution is 5.44. The summed E-state index contributed by atoms with van der Waals surface area (Å²) in [5.41, 5.74) is 10.5. The lowest BCUT2D eigenvalue weighted by Crippen LogP contribution is -2.22. The topological polar surface area (TPSA) is 57.0 Å². The number of rotatable bonds is 9. The number of para-hydroxylation sites is 1. The van der Waals surface area contributed by atoms with Gasteiger partial charge in [-0.1, -0.05) is 60.7 Å². The second-order valence-corrected chi connectivity index (χ2v) is 8.42. The van der Waals surface area contributed by atoms with Crippen molar-refractivity contribution in [3.05, 3.63) is 119 Å². The molecule has 4 aromatic carbocycles. The first-order chi connectivity index (χ1) is 16.7. The Labute approximate surface area is 200 Å². The zero-order valence-electron chi connectivity index (χ0n) is 19.0. The Morgan fingerprint density at radius 1 is 0.618 bits per heavy atom. The van der Waals surface area contributed by atoms with Gasteiger partial charge in [-0.05, 0) is 58.7 Å². The van der Waals surface area contributed by atoms with E-state index >= 15 is 0 Å². The molecule has 1 aliphatic heterocycles. The van der Waals surface area contributed by atoms with Crippen LogP contribution in [-0.4, -0.2) is 11.7 Å². The molecule has 5 heteroatoms. The van der Waals surface area contributed by atoms with Crippen LogP contribution in [0.5, 0.6) is 23.0 Å². The van der Waals surface area contributed by atoms with Gasteiger partial charge in [0, 0.05) is 26.2 Å². The lowest BCUT2D eigenvalue weighted by atomic mass is 10.1. The van der Waals surface area contributed by atoms with E-state index in [4.69, 9.17) is 19.9 Å². The molecular weight excluding hydrogens is 424 g/mol. The van der Waals surface area contributed by atoms with Crippen molar-refractivity contribution in [2.45, 2.75) is 26.2 Å². The summed E-state index contributed by atoms with van der Waals surface area (Å²) in [5.74, 6) is 3.28. The molecule has 0 fully saturated rings. The van der Waals surface area contributed by atoms with E-state index in [1.54, 1.807) is 0 Å². The molecule has 34 heavy (non-hydrogen) atoms. The Kier molecular flexibility index (Phi) is 6.75. The molecule has 0 radical (unpaired) electrons. The number of nitrogens with zero attached hydrogens (tertiary/aromatic N) is 1. The highest BCUT2D eigenvalue weighted by atomic mass is 16.7. The van der Waals surface area contributed by atoms with Crippen LogP contribution in [0.1, 0.15) is 22.3 Å². The van der Waals surface area contributed by atoms with E-state index in [0.717, 1.165) is 48.2 Å². The van der Waals surface area contributed by atoms with Gasteiger partial charge in [0.25, 0.3) is 0 Å². The first kappa shape index (κ1) is 22.0. The molecule has 0 aliphatic carbocycles. The SMILES string of the molecule is NCc1ccc(CN(Cc2cccc(Oc3ccccc3)c2)Cc2ccc3c(c2)OCO3)cc1. The number of hydrogen-bond acceptors (Lipinski definition) is 5. The van der Waals surface area contributed by atoms with Crippen LogP contribution in [0.4, 0.5) is 0 Å². The van der Waals surface area contributed by atoms with Crippen LogP contribution in [0.15, 0.2) is 97.1 Å². The first-order valence-corrected chi connectivity index (χ1v) is 11.5. The molecule has 4 aromatic rings. The van der Waals surface area contributed by atoms with E-state index in [1.165, 1.54) is 16.7 Å². The van der Waals surface area contributed by atoms with Gasteiger partial charge >= 0.3 is 0 Å². The van der Waals surface area contributed by atoms with E-state index < -0.39 is 0 Å². The Morgan fingerprint density at radius 3 is 2.06 bits per heavy atom. The summed E-state index contributed by atoms with van der Waals surface area (Å²) in [6, 6.07) is 32.8. The third-order valence-electron chi connectivity index (χ3n) is 5.79. The van der Waals surface area contributed by atoms with Crippen LogP contribution < -0.4 is 19.9 Å². The summed E-state index contributed by atoms with van der Waals surface area (Å²) >= 11 is 0. The number of benzene rings is 4. The average Bonchev–Trinajstić information content (AvgIpc) is 3.33. The normalized spacial score (nSPS) is 12.2. The molecule has 5 rings (SSSR count). The van der Waals surface area contributed by atoms with Gasteiger partial charge in [0.1, 0.15) is 11.5 Å². The zero-order chi connectivity index (χ0) is 23.2. The van der Waals surface area contributed by atoms with E-state index in [9.17, 15) is 0 Å². The van der Waals surface area contributed by atoms with Crippen LogP contribution in [0.3, 0.4) is 0 Å². The summed E-state index contributed by atoms with van der Waals surface area (Å²) in [4.78, 5) is 2.41. The van der Waals surface area contributed by atoms with Gasteiger partial charge in [0.05, 0.1) is 0 Å². The standard InChI is InChI=1S/C29H28N2O3/c30-17-22-9-11-23(12-10-22)18-31(20-25-13-14-28-29(16-25)33-21-32-28)19-24-5-4-8-27(15-24)34-26-6-2-1-3-7-26/h1-16H,17-21,30H2. The molecule has 0 saturated heterocycles. The quantitative estimate of drug-likeness (QED) is 0.344. The fraction of sp³-hybridized carbons (Fsp3) is 0.172. The minimum atomic E-state index is 0.282. The van der Waals surface area contributed by atoms with Gasteiger partial charge < -0.3 is 19.9 Å². The maximum absolute atomic E-state index is 6.05. The van der Waals surface area contributed by atoms with E-state index in [2.05, 4.69) is 53.4 Å². The highest BCUT2D eigenvalue weighted by Crippen LogP contribution is 2.33. The minimum absolute atomic E-state index is 0.282. The van der Waals surface area contributed by atoms with Crippen molar-refractivity contribution >= 4 is 0 Å². The maximum Gasteiger partial charge on any atom is 0.231 e. The third-order valence-corrected chi connectivity index (χ3v) is 5.79. The van der Waals surface area contributed by atoms with Crippen LogP contribution in [0, 0.1) is 0 Å². The highest BCUT2D eigenvalue weighted by Gasteiger charge is 2.15. The van der Waals surface area contributed by atoms with Gasteiger partial charge in [0.15, 0.2) is 11.5 Å². The van der Waals surface area contributed by atoms with Gasteiger partial charge in [-0.3, -0.25) is 4.90 Å². The Morgan fingerprint density at radius 2 is 1.26 bits per heavy atom. The molecule has 0 aromatic heterocycles. The Bertz CT molecular complexity index is 1230. The van der Waals surface area contributed by atoms with Crippen LogP contribution in [0.2, 0.25) is 0 Å². The van der Waals surface area contributed by atoms with E-state index in [-0.39, 0.29) is 6.79 Å². The maximum atomic E-state index is 6.05. The van der Waals surface area contributed by atoms with Crippen LogP contribution in [-0.2, 0) is 26.2 Å². The summed E-state index contributed by atoms with van der Waals surface area (Å²) in [6.45, 7) is 3.20. The van der Waals surface area contributed by atoms with Crippen molar-refractivity contribution in [3.8, 4) is 23.0 Å². The second kappa shape index (κ2) is 10.4. The van der Waals surface area contributed by atoms with Gasteiger partial charge in [-0.2, -0.15) is 0 Å². The summed E-state index contributed by atoms with van der Waals surface area (Å²) in [6.07, 6.45) is 0. The molecule has 1 heterocycles. The monoisotopic (exact) mass is 452 g/mol. The minimum Gasteiger partial charge on any atom is -0.457 e.